The number of anilines is 1. The number of hydrogen-bond acceptors (Lipinski definition) is 6. The van der Waals surface area contributed by atoms with Crippen LogP contribution >= 0.6 is 0 Å². The molecule has 0 bridgehead atoms. The van der Waals surface area contributed by atoms with E-state index in [9.17, 15) is 9.50 Å². The number of hydrogen-bond donors (Lipinski definition) is 3. The van der Waals surface area contributed by atoms with Gasteiger partial charge in [-0.3, -0.25) is 0 Å². The Balaban J connectivity index is 2.14. The third-order valence-electron chi connectivity index (χ3n) is 3.54. The lowest BCUT2D eigenvalue weighted by Gasteiger charge is -2.16. The summed E-state index contributed by atoms with van der Waals surface area (Å²) >= 11 is 0. The Morgan fingerprint density at radius 3 is 2.90 bits per heavy atom. The molecule has 8 heteroatoms. The molecule has 4 N–H and O–H groups in total. The standard InChI is InChI=1S/C13H13FN4O3/c1-2-6-3-18(12-8(6)11(15)16-5-17-12)13-10(20)9(14)7(4-19)21-13/h1,3,5,7,9-10,13,19-20H,4H2,(H2,15,16,17)/t7-,9-,10-,13-/m1/s1. The molecule has 3 heterocycles. The van der Waals surface area contributed by atoms with E-state index in [0.717, 1.165) is 0 Å². The number of nitrogens with two attached hydrogens (primary N) is 1. The largest absolute Gasteiger partial charge is 0.394 e. The molecule has 0 saturated carbocycles. The molecule has 0 amide bonds. The van der Waals surface area contributed by atoms with E-state index in [4.69, 9.17) is 22.0 Å². The molecule has 2 aromatic rings. The van der Waals surface area contributed by atoms with Gasteiger partial charge in [-0.15, -0.1) is 6.42 Å². The van der Waals surface area contributed by atoms with Gasteiger partial charge in [0.15, 0.2) is 12.4 Å². The van der Waals surface area contributed by atoms with E-state index < -0.39 is 31.2 Å². The molecule has 3 rings (SSSR count). The molecule has 110 valence electrons. The van der Waals surface area contributed by atoms with Crippen LogP contribution in [0.15, 0.2) is 12.5 Å². The van der Waals surface area contributed by atoms with Crippen molar-refractivity contribution in [2.75, 3.05) is 12.3 Å². The van der Waals surface area contributed by atoms with Crippen LogP contribution in [0.25, 0.3) is 11.0 Å². The Hall–Kier alpha value is -2.21. The maximum absolute atomic E-state index is 13.8. The maximum Gasteiger partial charge on any atom is 0.164 e. The second-order valence-electron chi connectivity index (χ2n) is 4.73. The van der Waals surface area contributed by atoms with Gasteiger partial charge in [0.1, 0.15) is 30.0 Å². The van der Waals surface area contributed by atoms with E-state index in [2.05, 4.69) is 15.9 Å². The minimum absolute atomic E-state index is 0.190. The van der Waals surface area contributed by atoms with Crippen LogP contribution in [0.2, 0.25) is 0 Å². The fraction of sp³-hybridized carbons (Fsp3) is 0.385. The van der Waals surface area contributed by atoms with Crippen molar-refractivity contribution in [1.82, 2.24) is 14.5 Å². The number of aliphatic hydroxyl groups is 2. The number of aromatic nitrogens is 3. The molecular weight excluding hydrogens is 279 g/mol. The molecule has 21 heavy (non-hydrogen) atoms. The molecule has 4 atom stereocenters. The van der Waals surface area contributed by atoms with Crippen molar-refractivity contribution in [3.63, 3.8) is 0 Å². The Morgan fingerprint density at radius 2 is 2.29 bits per heavy atom. The van der Waals surface area contributed by atoms with Gasteiger partial charge in [0.05, 0.1) is 17.6 Å². The number of terminal acetylenes is 1. The lowest BCUT2D eigenvalue weighted by atomic mass is 10.1. The highest BCUT2D eigenvalue weighted by Crippen LogP contribution is 2.35. The number of ether oxygens (including phenoxy) is 1. The van der Waals surface area contributed by atoms with E-state index >= 15 is 0 Å². The van der Waals surface area contributed by atoms with Crippen molar-refractivity contribution in [1.29, 1.82) is 0 Å². The number of aliphatic hydroxyl groups excluding tert-OH is 2. The average molecular weight is 292 g/mol. The van der Waals surface area contributed by atoms with Gasteiger partial charge in [-0.05, 0) is 0 Å². The molecule has 1 fully saturated rings. The number of halogens is 1. The molecular formula is C13H13FN4O3. The highest BCUT2D eigenvalue weighted by Gasteiger charge is 2.45. The van der Waals surface area contributed by atoms with Crippen molar-refractivity contribution in [3.05, 3.63) is 18.1 Å². The van der Waals surface area contributed by atoms with Gasteiger partial charge < -0.3 is 25.3 Å². The monoisotopic (exact) mass is 292 g/mol. The quantitative estimate of drug-likeness (QED) is 0.649. The van der Waals surface area contributed by atoms with E-state index in [1.807, 2.05) is 0 Å². The second kappa shape index (κ2) is 4.96. The van der Waals surface area contributed by atoms with Gasteiger partial charge in [-0.2, -0.15) is 0 Å². The third-order valence-corrected chi connectivity index (χ3v) is 3.54. The first-order chi connectivity index (χ1) is 10.1. The molecule has 0 aliphatic carbocycles. The van der Waals surface area contributed by atoms with Gasteiger partial charge >= 0.3 is 0 Å². The predicted octanol–water partition coefficient (Wildman–Crippen LogP) is -0.417. The van der Waals surface area contributed by atoms with Crippen LogP contribution in [0.3, 0.4) is 0 Å². The maximum atomic E-state index is 13.8. The summed E-state index contributed by atoms with van der Waals surface area (Å²) in [6.07, 6.45) is 2.86. The smallest absolute Gasteiger partial charge is 0.164 e. The second-order valence-corrected chi connectivity index (χ2v) is 4.73. The summed E-state index contributed by atoms with van der Waals surface area (Å²) in [5.74, 6) is 2.63. The summed E-state index contributed by atoms with van der Waals surface area (Å²) in [7, 11) is 0. The fourth-order valence-corrected chi connectivity index (χ4v) is 2.50. The van der Waals surface area contributed by atoms with E-state index in [1.54, 1.807) is 0 Å². The molecule has 7 nitrogen and oxygen atoms in total. The van der Waals surface area contributed by atoms with Gasteiger partial charge in [0.25, 0.3) is 0 Å². The lowest BCUT2D eigenvalue weighted by molar-refractivity contribution is -0.0493. The first-order valence-electron chi connectivity index (χ1n) is 6.24. The number of alkyl halides is 1. The number of fused-ring (bicyclic) bond motifs is 1. The molecule has 1 aliphatic heterocycles. The summed E-state index contributed by atoms with van der Waals surface area (Å²) in [5, 5.41) is 19.5. The van der Waals surface area contributed by atoms with Gasteiger partial charge in [-0.1, -0.05) is 5.92 Å². The zero-order chi connectivity index (χ0) is 15.1. The summed E-state index contributed by atoms with van der Waals surface area (Å²) in [4.78, 5) is 7.93. The Bertz CT molecular complexity index is 726. The van der Waals surface area contributed by atoms with Crippen LogP contribution in [0.4, 0.5) is 10.2 Å². The number of nitrogens with zero attached hydrogens (tertiary/aromatic N) is 3. The first kappa shape index (κ1) is 13.8. The third kappa shape index (κ3) is 1.94. The van der Waals surface area contributed by atoms with Crippen LogP contribution in [0, 0.1) is 12.3 Å². The molecule has 2 aromatic heterocycles. The highest BCUT2D eigenvalue weighted by atomic mass is 19.1. The molecule has 1 saturated heterocycles. The Morgan fingerprint density at radius 1 is 1.52 bits per heavy atom. The predicted molar refractivity (Wildman–Crippen MR) is 71.8 cm³/mol. The van der Waals surface area contributed by atoms with Crippen LogP contribution < -0.4 is 5.73 Å². The first-order valence-corrected chi connectivity index (χ1v) is 6.24. The number of rotatable bonds is 2. The number of nitrogen functional groups attached to an aromatic ring is 1. The Labute approximate surface area is 119 Å². The molecule has 0 radical (unpaired) electrons. The van der Waals surface area contributed by atoms with Gasteiger partial charge in [0, 0.05) is 6.20 Å². The van der Waals surface area contributed by atoms with Gasteiger partial charge in [0.2, 0.25) is 0 Å². The average Bonchev–Trinajstić information content (AvgIpc) is 2.99. The van der Waals surface area contributed by atoms with Crippen molar-refractivity contribution < 1.29 is 19.3 Å². The minimum Gasteiger partial charge on any atom is -0.394 e. The SMILES string of the molecule is C#Cc1cn([C@@H]2O[C@H](CO)[C@@H](F)[C@H]2O)c2ncnc(N)c12. The van der Waals surface area contributed by atoms with Crippen molar-refractivity contribution in [3.8, 4) is 12.3 Å². The topological polar surface area (TPSA) is 106 Å². The van der Waals surface area contributed by atoms with Crippen LogP contribution in [0.5, 0.6) is 0 Å². The van der Waals surface area contributed by atoms with E-state index in [1.165, 1.54) is 17.1 Å². The van der Waals surface area contributed by atoms with Crippen molar-refractivity contribution in [2.45, 2.75) is 24.6 Å². The lowest BCUT2D eigenvalue weighted by Crippen LogP contribution is -2.29. The molecule has 0 unspecified atom stereocenters. The van der Waals surface area contributed by atoms with Crippen molar-refractivity contribution in [2.24, 2.45) is 0 Å². The summed E-state index contributed by atoms with van der Waals surface area (Å²) in [6.45, 7) is -0.535. The summed E-state index contributed by atoms with van der Waals surface area (Å²) in [5.41, 5.74) is 6.54. The van der Waals surface area contributed by atoms with Gasteiger partial charge in [-0.25, -0.2) is 14.4 Å². The van der Waals surface area contributed by atoms with E-state index in [-0.39, 0.29) is 5.82 Å². The molecule has 0 aromatic carbocycles. The highest BCUT2D eigenvalue weighted by molar-refractivity contribution is 5.92. The zero-order valence-electron chi connectivity index (χ0n) is 10.8. The van der Waals surface area contributed by atoms with E-state index in [0.29, 0.717) is 16.6 Å². The van der Waals surface area contributed by atoms with Crippen LogP contribution in [-0.2, 0) is 4.74 Å². The van der Waals surface area contributed by atoms with Crippen LogP contribution in [0.1, 0.15) is 11.8 Å². The molecule has 0 spiro atoms. The molecule has 1 aliphatic rings. The summed E-state index contributed by atoms with van der Waals surface area (Å²) in [6, 6.07) is 0. The van der Waals surface area contributed by atoms with Crippen molar-refractivity contribution >= 4 is 16.9 Å². The minimum atomic E-state index is -1.70. The normalized spacial score (nSPS) is 28.9. The van der Waals surface area contributed by atoms with Crippen LogP contribution in [-0.4, -0.2) is 49.7 Å². The Kier molecular flexibility index (Phi) is 3.25. The fourth-order valence-electron chi connectivity index (χ4n) is 2.50. The zero-order valence-corrected chi connectivity index (χ0v) is 10.8. The summed E-state index contributed by atoms with van der Waals surface area (Å²) < 4.78 is 20.6.